The van der Waals surface area contributed by atoms with Crippen LogP contribution in [0.3, 0.4) is 0 Å². The Morgan fingerprint density at radius 2 is 1.69 bits per heavy atom. The summed E-state index contributed by atoms with van der Waals surface area (Å²) in [7, 11) is 0. The zero-order valence-corrected chi connectivity index (χ0v) is 7.35. The number of hydrogen-bond donors (Lipinski definition) is 1. The van der Waals surface area contributed by atoms with Crippen molar-refractivity contribution in [1.29, 1.82) is 0 Å². The van der Waals surface area contributed by atoms with Gasteiger partial charge in [-0.1, -0.05) is 49.1 Å². The first-order chi connectivity index (χ1) is 6.38. The van der Waals surface area contributed by atoms with E-state index in [4.69, 9.17) is 5.11 Å². The molecule has 0 atom stereocenters. The molecule has 1 aromatic carbocycles. The summed E-state index contributed by atoms with van der Waals surface area (Å²) in [5.41, 5.74) is 0. The lowest BCUT2D eigenvalue weighted by Gasteiger charge is -1.86. The molecule has 0 bridgehead atoms. The maximum atomic E-state index is 8.51. The van der Waals surface area contributed by atoms with E-state index in [1.165, 1.54) is 0 Å². The summed E-state index contributed by atoms with van der Waals surface area (Å²) in [5.74, 6) is 0. The maximum Gasteiger partial charge on any atom is 0.0791 e. The van der Waals surface area contributed by atoms with E-state index in [2.05, 4.69) is 6.58 Å². The van der Waals surface area contributed by atoms with Gasteiger partial charge in [0.1, 0.15) is 0 Å². The Hall–Kier alpha value is -1.76. The van der Waals surface area contributed by atoms with E-state index >= 15 is 0 Å². The van der Waals surface area contributed by atoms with Crippen LogP contribution in [-0.2, 0) is 0 Å². The first kappa shape index (κ1) is 9.33. The van der Waals surface area contributed by atoms with Crippen LogP contribution in [0.1, 0.15) is 0 Å². The van der Waals surface area contributed by atoms with Crippen molar-refractivity contribution < 1.29 is 5.11 Å². The molecule has 0 heterocycles. The van der Waals surface area contributed by atoms with Crippen molar-refractivity contribution in [1.82, 2.24) is 0 Å². The average molecular weight is 172 g/mol. The second-order valence-electron chi connectivity index (χ2n) is 2.54. The van der Waals surface area contributed by atoms with Gasteiger partial charge < -0.3 is 5.11 Å². The standard InChI is InChI=1S/C12H12O/c1-2-6-11-7-3-4-8-12(11)9-5-10-13/h2-10,13H,1H2/b10-5+,11-6-,12-9-. The number of allylic oxidation sites excluding steroid dienone is 2. The SMILES string of the molecule is C=C/C=c1/cccc/c1=C/C=C/O. The molecule has 0 fully saturated rings. The summed E-state index contributed by atoms with van der Waals surface area (Å²) in [6.45, 7) is 3.64. The van der Waals surface area contributed by atoms with Gasteiger partial charge in [0.2, 0.25) is 0 Å². The number of aliphatic hydroxyl groups is 1. The van der Waals surface area contributed by atoms with Crippen molar-refractivity contribution in [3.63, 3.8) is 0 Å². The minimum absolute atomic E-state index is 1.02. The van der Waals surface area contributed by atoms with E-state index in [0.717, 1.165) is 16.7 Å². The van der Waals surface area contributed by atoms with Crippen LogP contribution in [0.25, 0.3) is 12.2 Å². The monoisotopic (exact) mass is 172 g/mol. The second-order valence-corrected chi connectivity index (χ2v) is 2.54. The molecule has 1 rings (SSSR count). The van der Waals surface area contributed by atoms with Crippen LogP contribution in [0, 0.1) is 0 Å². The Balaban J connectivity index is 3.36. The zero-order valence-electron chi connectivity index (χ0n) is 7.35. The van der Waals surface area contributed by atoms with Crippen LogP contribution in [0.5, 0.6) is 0 Å². The van der Waals surface area contributed by atoms with E-state index < -0.39 is 0 Å². The summed E-state index contributed by atoms with van der Waals surface area (Å²) in [4.78, 5) is 0. The van der Waals surface area contributed by atoms with E-state index in [1.54, 1.807) is 12.2 Å². The molecule has 0 saturated heterocycles. The Morgan fingerprint density at radius 3 is 2.23 bits per heavy atom. The molecule has 13 heavy (non-hydrogen) atoms. The number of hydrogen-bond acceptors (Lipinski definition) is 1. The molecule has 1 aromatic rings. The van der Waals surface area contributed by atoms with Crippen molar-refractivity contribution in [2.75, 3.05) is 0 Å². The van der Waals surface area contributed by atoms with Crippen molar-refractivity contribution >= 4 is 12.2 Å². The molecule has 0 aliphatic heterocycles. The van der Waals surface area contributed by atoms with Gasteiger partial charge in [-0.15, -0.1) is 0 Å². The highest BCUT2D eigenvalue weighted by atomic mass is 16.2. The molecule has 0 aromatic heterocycles. The highest BCUT2D eigenvalue weighted by Gasteiger charge is 1.79. The third-order valence-corrected chi connectivity index (χ3v) is 1.66. The lowest BCUT2D eigenvalue weighted by atomic mass is 10.2. The summed E-state index contributed by atoms with van der Waals surface area (Å²) in [6, 6.07) is 7.90. The predicted molar refractivity (Wildman–Crippen MR) is 56.6 cm³/mol. The Morgan fingerprint density at radius 1 is 1.08 bits per heavy atom. The topological polar surface area (TPSA) is 20.2 Å². The molecule has 0 saturated carbocycles. The van der Waals surface area contributed by atoms with Gasteiger partial charge in [0.05, 0.1) is 6.26 Å². The van der Waals surface area contributed by atoms with Gasteiger partial charge in [0, 0.05) is 0 Å². The minimum Gasteiger partial charge on any atom is -0.516 e. The fourth-order valence-electron chi connectivity index (χ4n) is 1.09. The van der Waals surface area contributed by atoms with E-state index in [1.807, 2.05) is 36.4 Å². The van der Waals surface area contributed by atoms with E-state index in [0.29, 0.717) is 0 Å². The Bertz CT molecular complexity index is 413. The smallest absolute Gasteiger partial charge is 0.0791 e. The quantitative estimate of drug-likeness (QED) is 0.670. The molecule has 66 valence electrons. The third-order valence-electron chi connectivity index (χ3n) is 1.66. The highest BCUT2D eigenvalue weighted by molar-refractivity contribution is 5.42. The lowest BCUT2D eigenvalue weighted by molar-refractivity contribution is 0.474. The van der Waals surface area contributed by atoms with Crippen LogP contribution in [0.15, 0.2) is 49.3 Å². The summed E-state index contributed by atoms with van der Waals surface area (Å²) < 4.78 is 0. The van der Waals surface area contributed by atoms with Gasteiger partial charge in [-0.05, 0) is 16.5 Å². The van der Waals surface area contributed by atoms with E-state index in [-0.39, 0.29) is 0 Å². The Labute approximate surface area is 77.7 Å². The molecule has 0 aliphatic carbocycles. The van der Waals surface area contributed by atoms with Gasteiger partial charge >= 0.3 is 0 Å². The fourth-order valence-corrected chi connectivity index (χ4v) is 1.09. The van der Waals surface area contributed by atoms with E-state index in [9.17, 15) is 0 Å². The molecule has 0 spiro atoms. The van der Waals surface area contributed by atoms with Gasteiger partial charge in [-0.2, -0.15) is 0 Å². The maximum absolute atomic E-state index is 8.51. The summed E-state index contributed by atoms with van der Waals surface area (Å²) >= 11 is 0. The molecular formula is C12H12O. The van der Waals surface area contributed by atoms with Gasteiger partial charge in [-0.25, -0.2) is 0 Å². The molecule has 0 amide bonds. The van der Waals surface area contributed by atoms with Crippen LogP contribution < -0.4 is 10.4 Å². The zero-order chi connectivity index (χ0) is 9.52. The van der Waals surface area contributed by atoms with Crippen molar-refractivity contribution in [3.05, 3.63) is 59.7 Å². The van der Waals surface area contributed by atoms with Crippen LogP contribution in [0.4, 0.5) is 0 Å². The number of rotatable bonds is 2. The first-order valence-corrected chi connectivity index (χ1v) is 4.07. The number of aliphatic hydroxyl groups excluding tert-OH is 1. The molecule has 0 unspecified atom stereocenters. The second kappa shape index (κ2) is 4.99. The molecule has 1 N–H and O–H groups in total. The summed E-state index contributed by atoms with van der Waals surface area (Å²) in [6.07, 6.45) is 8.13. The predicted octanol–water partition coefficient (Wildman–Crippen LogP) is 1.51. The highest BCUT2D eigenvalue weighted by Crippen LogP contribution is 1.75. The molecule has 1 heteroatoms. The molecular weight excluding hydrogens is 160 g/mol. The van der Waals surface area contributed by atoms with Crippen LogP contribution in [-0.4, -0.2) is 5.11 Å². The van der Waals surface area contributed by atoms with Crippen LogP contribution in [0.2, 0.25) is 0 Å². The average Bonchev–Trinajstić information content (AvgIpc) is 2.17. The summed E-state index contributed by atoms with van der Waals surface area (Å²) in [5, 5.41) is 10.7. The van der Waals surface area contributed by atoms with Gasteiger partial charge in [0.15, 0.2) is 0 Å². The molecule has 1 nitrogen and oxygen atoms in total. The van der Waals surface area contributed by atoms with Gasteiger partial charge in [-0.3, -0.25) is 0 Å². The third kappa shape index (κ3) is 2.64. The largest absolute Gasteiger partial charge is 0.516 e. The lowest BCUT2D eigenvalue weighted by Crippen LogP contribution is -2.22. The first-order valence-electron chi connectivity index (χ1n) is 4.07. The molecule has 0 radical (unpaired) electrons. The number of benzene rings is 1. The van der Waals surface area contributed by atoms with Gasteiger partial charge in [0.25, 0.3) is 0 Å². The Kier molecular flexibility index (Phi) is 3.58. The van der Waals surface area contributed by atoms with Crippen molar-refractivity contribution in [2.24, 2.45) is 0 Å². The van der Waals surface area contributed by atoms with Crippen molar-refractivity contribution in [3.8, 4) is 0 Å². The fraction of sp³-hybridized carbons (Fsp3) is 0. The van der Waals surface area contributed by atoms with Crippen molar-refractivity contribution in [2.45, 2.75) is 0 Å². The normalized spacial score (nSPS) is 13.8. The molecule has 0 aliphatic rings. The van der Waals surface area contributed by atoms with Crippen LogP contribution >= 0.6 is 0 Å². The minimum atomic E-state index is 1.02.